The Morgan fingerprint density at radius 3 is 2.06 bits per heavy atom. The molecule has 1 amide bonds. The molecule has 0 aromatic rings. The number of thiocarbonyl (C=S) groups is 1. The molecule has 0 aromatic carbocycles. The second kappa shape index (κ2) is 6.94. The van der Waals surface area contributed by atoms with Crippen molar-refractivity contribution in [1.82, 2.24) is 4.90 Å². The number of nitrogens with two attached hydrogens (primary N) is 1. The van der Waals surface area contributed by atoms with E-state index in [0.717, 1.165) is 19.4 Å². The summed E-state index contributed by atoms with van der Waals surface area (Å²) >= 11 is 4.98. The van der Waals surface area contributed by atoms with Gasteiger partial charge in [-0.05, 0) is 26.7 Å². The van der Waals surface area contributed by atoms with Gasteiger partial charge in [0, 0.05) is 13.1 Å². The molecule has 0 aliphatic rings. The van der Waals surface area contributed by atoms with Crippen LogP contribution in [0.3, 0.4) is 0 Å². The minimum Gasteiger partial charge on any atom is -0.392 e. The third-order valence-electron chi connectivity index (χ3n) is 3.45. The zero-order valence-corrected chi connectivity index (χ0v) is 12.6. The number of carbonyl (C=O) groups excluding carboxylic acids is 1. The Labute approximate surface area is 111 Å². The molecule has 17 heavy (non-hydrogen) atoms. The quantitative estimate of drug-likeness (QED) is 0.714. The Balaban J connectivity index is 4.77. The Morgan fingerprint density at radius 2 is 1.76 bits per heavy atom. The van der Waals surface area contributed by atoms with Crippen LogP contribution in [-0.4, -0.2) is 28.9 Å². The van der Waals surface area contributed by atoms with Crippen LogP contribution in [0.2, 0.25) is 0 Å². The van der Waals surface area contributed by atoms with E-state index in [1.807, 2.05) is 11.8 Å². The molecule has 0 spiro atoms. The van der Waals surface area contributed by atoms with Gasteiger partial charge in [0.2, 0.25) is 5.91 Å². The van der Waals surface area contributed by atoms with E-state index in [1.54, 1.807) is 13.8 Å². The highest BCUT2D eigenvalue weighted by molar-refractivity contribution is 7.80. The van der Waals surface area contributed by atoms with Gasteiger partial charge in [-0.15, -0.1) is 0 Å². The third kappa shape index (κ3) is 4.26. The molecule has 2 N–H and O–H groups in total. The van der Waals surface area contributed by atoms with Crippen LogP contribution in [0.5, 0.6) is 0 Å². The summed E-state index contributed by atoms with van der Waals surface area (Å²) in [4.78, 5) is 14.5. The van der Waals surface area contributed by atoms with E-state index in [4.69, 9.17) is 18.0 Å². The van der Waals surface area contributed by atoms with E-state index in [-0.39, 0.29) is 10.9 Å². The summed E-state index contributed by atoms with van der Waals surface area (Å²) in [5, 5.41) is 0. The summed E-state index contributed by atoms with van der Waals surface area (Å²) in [6.07, 6.45) is 2.18. The molecule has 4 heteroatoms. The molecular formula is C13H26N2OS. The molecule has 100 valence electrons. The molecule has 0 aromatic heterocycles. The standard InChI is InChI=1S/C13H26N2OS/c1-6-10(7-2)9-15(8-3)12(16)13(4,5)11(14)17/h10H,6-9H2,1-5H3,(H2,14,17). The number of rotatable bonds is 7. The van der Waals surface area contributed by atoms with Gasteiger partial charge in [-0.25, -0.2) is 0 Å². The van der Waals surface area contributed by atoms with E-state index in [2.05, 4.69) is 13.8 Å². The fraction of sp³-hybridized carbons (Fsp3) is 0.846. The van der Waals surface area contributed by atoms with E-state index in [1.165, 1.54) is 0 Å². The highest BCUT2D eigenvalue weighted by Gasteiger charge is 2.34. The van der Waals surface area contributed by atoms with Gasteiger partial charge in [0.15, 0.2) is 0 Å². The number of nitrogens with zero attached hydrogens (tertiary/aromatic N) is 1. The zero-order chi connectivity index (χ0) is 13.6. The summed E-state index contributed by atoms with van der Waals surface area (Å²) in [6, 6.07) is 0. The maximum Gasteiger partial charge on any atom is 0.235 e. The fourth-order valence-corrected chi connectivity index (χ4v) is 1.80. The van der Waals surface area contributed by atoms with Crippen LogP contribution < -0.4 is 5.73 Å². The van der Waals surface area contributed by atoms with Crippen molar-refractivity contribution >= 4 is 23.1 Å². The Morgan fingerprint density at radius 1 is 1.29 bits per heavy atom. The average molecular weight is 258 g/mol. The van der Waals surface area contributed by atoms with Crippen molar-refractivity contribution in [2.75, 3.05) is 13.1 Å². The monoisotopic (exact) mass is 258 g/mol. The topological polar surface area (TPSA) is 46.3 Å². The third-order valence-corrected chi connectivity index (χ3v) is 3.96. The second-order valence-electron chi connectivity index (χ2n) is 5.02. The summed E-state index contributed by atoms with van der Waals surface area (Å²) in [5.74, 6) is 0.598. The largest absolute Gasteiger partial charge is 0.392 e. The first kappa shape index (κ1) is 16.4. The van der Waals surface area contributed by atoms with Crippen molar-refractivity contribution in [1.29, 1.82) is 0 Å². The molecule has 0 heterocycles. The molecule has 0 radical (unpaired) electrons. The van der Waals surface area contributed by atoms with Gasteiger partial charge in [0.1, 0.15) is 0 Å². The van der Waals surface area contributed by atoms with Crippen LogP contribution in [0, 0.1) is 11.3 Å². The molecule has 0 aliphatic carbocycles. The van der Waals surface area contributed by atoms with Gasteiger partial charge in [0.05, 0.1) is 10.4 Å². The summed E-state index contributed by atoms with van der Waals surface area (Å²) in [5.41, 5.74) is 4.90. The molecule has 3 nitrogen and oxygen atoms in total. The highest BCUT2D eigenvalue weighted by Crippen LogP contribution is 2.21. The van der Waals surface area contributed by atoms with Gasteiger partial charge >= 0.3 is 0 Å². The maximum atomic E-state index is 12.4. The van der Waals surface area contributed by atoms with Gasteiger partial charge in [-0.2, -0.15) is 0 Å². The van der Waals surface area contributed by atoms with Crippen molar-refractivity contribution in [3.05, 3.63) is 0 Å². The molecule has 0 saturated heterocycles. The number of hydrogen-bond donors (Lipinski definition) is 1. The summed E-state index contributed by atoms with van der Waals surface area (Å²) in [6.45, 7) is 11.4. The molecule has 0 unspecified atom stereocenters. The van der Waals surface area contributed by atoms with Crippen molar-refractivity contribution in [3.63, 3.8) is 0 Å². The molecule has 0 atom stereocenters. The Hall–Kier alpha value is -0.640. The first-order chi connectivity index (χ1) is 7.81. The van der Waals surface area contributed by atoms with Crippen molar-refractivity contribution < 1.29 is 4.79 Å². The lowest BCUT2D eigenvalue weighted by Gasteiger charge is -2.32. The highest BCUT2D eigenvalue weighted by atomic mass is 32.1. The number of carbonyl (C=O) groups is 1. The predicted molar refractivity (Wildman–Crippen MR) is 76.9 cm³/mol. The van der Waals surface area contributed by atoms with Gasteiger partial charge < -0.3 is 10.6 Å². The van der Waals surface area contributed by atoms with Gasteiger partial charge in [-0.1, -0.05) is 38.9 Å². The van der Waals surface area contributed by atoms with Crippen LogP contribution in [-0.2, 0) is 4.79 Å². The molecular weight excluding hydrogens is 232 g/mol. The fourth-order valence-electron chi connectivity index (χ4n) is 1.71. The predicted octanol–water partition coefficient (Wildman–Crippen LogP) is 2.58. The maximum absolute atomic E-state index is 12.4. The lowest BCUT2D eigenvalue weighted by Crippen LogP contribution is -2.48. The van der Waals surface area contributed by atoms with E-state index < -0.39 is 5.41 Å². The lowest BCUT2D eigenvalue weighted by atomic mass is 9.90. The Bertz CT molecular complexity index is 273. The van der Waals surface area contributed by atoms with Gasteiger partial charge in [-0.3, -0.25) is 4.79 Å². The van der Waals surface area contributed by atoms with Gasteiger partial charge in [0.25, 0.3) is 0 Å². The van der Waals surface area contributed by atoms with Crippen molar-refractivity contribution in [2.45, 2.75) is 47.5 Å². The van der Waals surface area contributed by atoms with Crippen LogP contribution in [0.25, 0.3) is 0 Å². The first-order valence-electron chi connectivity index (χ1n) is 6.40. The minimum atomic E-state index is -0.739. The van der Waals surface area contributed by atoms with Crippen LogP contribution in [0.15, 0.2) is 0 Å². The van der Waals surface area contributed by atoms with Crippen LogP contribution in [0.4, 0.5) is 0 Å². The van der Waals surface area contributed by atoms with E-state index in [9.17, 15) is 4.79 Å². The zero-order valence-electron chi connectivity index (χ0n) is 11.7. The SMILES string of the molecule is CCC(CC)CN(CC)C(=O)C(C)(C)C(N)=S. The normalized spacial score (nSPS) is 11.6. The Kier molecular flexibility index (Phi) is 6.68. The summed E-state index contributed by atoms with van der Waals surface area (Å²) in [7, 11) is 0. The smallest absolute Gasteiger partial charge is 0.235 e. The van der Waals surface area contributed by atoms with Crippen LogP contribution >= 0.6 is 12.2 Å². The average Bonchev–Trinajstić information content (AvgIpc) is 2.29. The molecule has 0 rings (SSSR count). The van der Waals surface area contributed by atoms with Crippen molar-refractivity contribution in [2.24, 2.45) is 17.1 Å². The minimum absolute atomic E-state index is 0.0411. The summed E-state index contributed by atoms with van der Waals surface area (Å²) < 4.78 is 0. The van der Waals surface area contributed by atoms with E-state index >= 15 is 0 Å². The number of amides is 1. The number of hydrogen-bond acceptors (Lipinski definition) is 2. The molecule has 0 fully saturated rings. The molecule has 0 saturated carbocycles. The molecule has 0 bridgehead atoms. The molecule has 0 aliphatic heterocycles. The van der Waals surface area contributed by atoms with E-state index in [0.29, 0.717) is 12.5 Å². The van der Waals surface area contributed by atoms with Crippen molar-refractivity contribution in [3.8, 4) is 0 Å². The second-order valence-corrected chi connectivity index (χ2v) is 5.46. The first-order valence-corrected chi connectivity index (χ1v) is 6.81. The van der Waals surface area contributed by atoms with Crippen LogP contribution in [0.1, 0.15) is 47.5 Å². The lowest BCUT2D eigenvalue weighted by molar-refractivity contribution is -0.137.